The second-order valence-electron chi connectivity index (χ2n) is 6.98. The molecule has 156 valence electrons. The lowest BCUT2D eigenvalue weighted by atomic mass is 10.1. The molecule has 0 radical (unpaired) electrons. The van der Waals surface area contributed by atoms with E-state index in [0.29, 0.717) is 22.5 Å². The molecule has 0 bridgehead atoms. The SMILES string of the molecule is Cc1cccc2c(=O)n(CC(=O)NCc3ccnc(Oc4ccc(F)cc4)c3)cnc12. The maximum atomic E-state index is 13.0. The number of nitrogens with one attached hydrogen (secondary N) is 1. The molecule has 0 aliphatic carbocycles. The Balaban J connectivity index is 1.40. The molecule has 2 aromatic heterocycles. The van der Waals surface area contributed by atoms with Crippen LogP contribution in [-0.4, -0.2) is 20.4 Å². The van der Waals surface area contributed by atoms with Crippen LogP contribution in [0.25, 0.3) is 10.9 Å². The zero-order valence-electron chi connectivity index (χ0n) is 16.7. The fourth-order valence-corrected chi connectivity index (χ4v) is 3.10. The first-order chi connectivity index (χ1) is 15.0. The van der Waals surface area contributed by atoms with Crippen LogP contribution < -0.4 is 15.6 Å². The Kier molecular flexibility index (Phi) is 5.70. The van der Waals surface area contributed by atoms with E-state index in [1.165, 1.54) is 35.2 Å². The van der Waals surface area contributed by atoms with Gasteiger partial charge in [-0.05, 0) is 54.4 Å². The van der Waals surface area contributed by atoms with E-state index >= 15 is 0 Å². The summed E-state index contributed by atoms with van der Waals surface area (Å²) >= 11 is 0. The Morgan fingerprint density at radius 3 is 2.74 bits per heavy atom. The van der Waals surface area contributed by atoms with Crippen molar-refractivity contribution in [1.82, 2.24) is 19.9 Å². The van der Waals surface area contributed by atoms with E-state index < -0.39 is 0 Å². The lowest BCUT2D eigenvalue weighted by Crippen LogP contribution is -2.32. The highest BCUT2D eigenvalue weighted by Crippen LogP contribution is 2.20. The quantitative estimate of drug-likeness (QED) is 0.519. The van der Waals surface area contributed by atoms with Crippen molar-refractivity contribution in [3.63, 3.8) is 0 Å². The van der Waals surface area contributed by atoms with E-state index in [2.05, 4.69) is 15.3 Å². The highest BCUT2D eigenvalue weighted by atomic mass is 19.1. The van der Waals surface area contributed by atoms with E-state index in [9.17, 15) is 14.0 Å². The van der Waals surface area contributed by atoms with Gasteiger partial charge in [0.05, 0.1) is 17.2 Å². The molecule has 4 aromatic rings. The molecule has 0 unspecified atom stereocenters. The number of amides is 1. The van der Waals surface area contributed by atoms with Crippen molar-refractivity contribution in [3.05, 3.63) is 94.4 Å². The molecule has 0 atom stereocenters. The number of para-hydroxylation sites is 1. The van der Waals surface area contributed by atoms with Crippen LogP contribution in [-0.2, 0) is 17.9 Å². The lowest BCUT2D eigenvalue weighted by Gasteiger charge is -2.10. The summed E-state index contributed by atoms with van der Waals surface area (Å²) in [6.45, 7) is 1.98. The largest absolute Gasteiger partial charge is 0.439 e. The van der Waals surface area contributed by atoms with Gasteiger partial charge in [-0.15, -0.1) is 0 Å². The van der Waals surface area contributed by atoms with Crippen molar-refractivity contribution in [1.29, 1.82) is 0 Å². The molecule has 2 heterocycles. The number of benzene rings is 2. The minimum Gasteiger partial charge on any atom is -0.439 e. The summed E-state index contributed by atoms with van der Waals surface area (Å²) in [7, 11) is 0. The van der Waals surface area contributed by atoms with Crippen molar-refractivity contribution in [2.75, 3.05) is 0 Å². The summed E-state index contributed by atoms with van der Waals surface area (Å²) in [6, 6.07) is 14.4. The zero-order valence-corrected chi connectivity index (χ0v) is 16.7. The maximum Gasteiger partial charge on any atom is 0.261 e. The van der Waals surface area contributed by atoms with Gasteiger partial charge in [0.2, 0.25) is 11.8 Å². The van der Waals surface area contributed by atoms with Crippen LogP contribution in [0.4, 0.5) is 4.39 Å². The number of ether oxygens (including phenoxy) is 1. The number of fused-ring (bicyclic) bond motifs is 1. The van der Waals surface area contributed by atoms with Crippen LogP contribution in [0.5, 0.6) is 11.6 Å². The minimum absolute atomic E-state index is 0.139. The summed E-state index contributed by atoms with van der Waals surface area (Å²) in [5.74, 6) is 0.0959. The number of hydrogen-bond donors (Lipinski definition) is 1. The molecular formula is C23H19FN4O3. The number of nitrogens with zero attached hydrogens (tertiary/aromatic N) is 3. The summed E-state index contributed by atoms with van der Waals surface area (Å²) in [5, 5.41) is 3.25. The van der Waals surface area contributed by atoms with Gasteiger partial charge in [0.1, 0.15) is 18.1 Å². The van der Waals surface area contributed by atoms with Gasteiger partial charge >= 0.3 is 0 Å². The summed E-state index contributed by atoms with van der Waals surface area (Å²) in [4.78, 5) is 33.4. The average Bonchev–Trinajstić information content (AvgIpc) is 2.77. The third-order valence-electron chi connectivity index (χ3n) is 4.69. The van der Waals surface area contributed by atoms with Gasteiger partial charge in [0.25, 0.3) is 5.56 Å². The van der Waals surface area contributed by atoms with Crippen LogP contribution in [0, 0.1) is 12.7 Å². The molecule has 31 heavy (non-hydrogen) atoms. The van der Waals surface area contributed by atoms with E-state index in [1.807, 2.05) is 13.0 Å². The molecule has 7 nitrogen and oxygen atoms in total. The van der Waals surface area contributed by atoms with Crippen molar-refractivity contribution < 1.29 is 13.9 Å². The number of aromatic nitrogens is 3. The number of carbonyl (C=O) groups is 1. The maximum absolute atomic E-state index is 13.0. The van der Waals surface area contributed by atoms with Crippen LogP contribution in [0.3, 0.4) is 0 Å². The van der Waals surface area contributed by atoms with Gasteiger partial charge in [-0.1, -0.05) is 12.1 Å². The van der Waals surface area contributed by atoms with Crippen LogP contribution in [0.2, 0.25) is 0 Å². The third-order valence-corrected chi connectivity index (χ3v) is 4.69. The Morgan fingerprint density at radius 1 is 1.13 bits per heavy atom. The number of aryl methyl sites for hydroxylation is 1. The standard InChI is InChI=1S/C23H19FN4O3/c1-15-3-2-4-19-22(15)27-14-28(23(19)30)13-20(29)26-12-16-9-10-25-21(11-16)31-18-7-5-17(24)6-8-18/h2-11,14H,12-13H2,1H3,(H,26,29). The molecule has 0 aliphatic rings. The second-order valence-corrected chi connectivity index (χ2v) is 6.98. The lowest BCUT2D eigenvalue weighted by molar-refractivity contribution is -0.121. The first-order valence-corrected chi connectivity index (χ1v) is 9.59. The normalized spacial score (nSPS) is 10.8. The third kappa shape index (κ3) is 4.75. The summed E-state index contributed by atoms with van der Waals surface area (Å²) < 4.78 is 19.9. The molecule has 0 saturated carbocycles. The number of rotatable bonds is 6. The molecule has 4 rings (SSSR count). The van der Waals surface area contributed by atoms with E-state index in [0.717, 1.165) is 11.1 Å². The highest BCUT2D eigenvalue weighted by Gasteiger charge is 2.10. The van der Waals surface area contributed by atoms with E-state index in [-0.39, 0.29) is 30.4 Å². The first-order valence-electron chi connectivity index (χ1n) is 9.59. The van der Waals surface area contributed by atoms with E-state index in [4.69, 9.17) is 4.74 Å². The predicted molar refractivity (Wildman–Crippen MR) is 113 cm³/mol. The van der Waals surface area contributed by atoms with Crippen molar-refractivity contribution >= 4 is 16.8 Å². The topological polar surface area (TPSA) is 86.1 Å². The van der Waals surface area contributed by atoms with Gasteiger partial charge in [-0.2, -0.15) is 0 Å². The summed E-state index contributed by atoms with van der Waals surface area (Å²) in [6.07, 6.45) is 2.94. The zero-order chi connectivity index (χ0) is 21.8. The van der Waals surface area contributed by atoms with Crippen LogP contribution in [0.15, 0.2) is 71.9 Å². The van der Waals surface area contributed by atoms with Crippen molar-refractivity contribution in [3.8, 4) is 11.6 Å². The molecule has 0 spiro atoms. The Hall–Kier alpha value is -4.07. The number of halogens is 1. The molecular weight excluding hydrogens is 399 g/mol. The first kappa shape index (κ1) is 20.2. The number of hydrogen-bond acceptors (Lipinski definition) is 5. The molecule has 0 fully saturated rings. The Morgan fingerprint density at radius 2 is 1.94 bits per heavy atom. The van der Waals surface area contributed by atoms with Gasteiger partial charge in [-0.3, -0.25) is 14.2 Å². The van der Waals surface area contributed by atoms with Crippen LogP contribution >= 0.6 is 0 Å². The number of carbonyl (C=O) groups excluding carboxylic acids is 1. The monoisotopic (exact) mass is 418 g/mol. The second kappa shape index (κ2) is 8.74. The minimum atomic E-state index is -0.354. The number of pyridine rings is 1. The van der Waals surface area contributed by atoms with Gasteiger partial charge < -0.3 is 10.1 Å². The Labute approximate surface area is 177 Å². The smallest absolute Gasteiger partial charge is 0.261 e. The fourth-order valence-electron chi connectivity index (χ4n) is 3.10. The van der Waals surface area contributed by atoms with E-state index in [1.54, 1.807) is 30.5 Å². The van der Waals surface area contributed by atoms with Gasteiger partial charge in [-0.25, -0.2) is 14.4 Å². The molecule has 1 N–H and O–H groups in total. The Bertz CT molecular complexity index is 1300. The predicted octanol–water partition coefficient (Wildman–Crippen LogP) is 3.35. The van der Waals surface area contributed by atoms with Gasteiger partial charge in [0.15, 0.2) is 0 Å². The molecule has 0 aliphatic heterocycles. The molecule has 2 aromatic carbocycles. The fraction of sp³-hybridized carbons (Fsp3) is 0.130. The average molecular weight is 418 g/mol. The van der Waals surface area contributed by atoms with Crippen molar-refractivity contribution in [2.24, 2.45) is 0 Å². The molecule has 0 saturated heterocycles. The molecule has 8 heteroatoms. The highest BCUT2D eigenvalue weighted by molar-refractivity contribution is 5.81. The van der Waals surface area contributed by atoms with Gasteiger partial charge in [0, 0.05) is 18.8 Å². The van der Waals surface area contributed by atoms with Crippen molar-refractivity contribution in [2.45, 2.75) is 20.0 Å². The summed E-state index contributed by atoms with van der Waals surface area (Å²) in [5.41, 5.74) is 2.04. The molecule has 1 amide bonds. The van der Waals surface area contributed by atoms with Crippen LogP contribution in [0.1, 0.15) is 11.1 Å².